The Hall–Kier alpha value is 0.799. The van der Waals surface area contributed by atoms with Crippen molar-refractivity contribution in [3.05, 3.63) is 0 Å². The molecule has 140 valence electrons. The summed E-state index contributed by atoms with van der Waals surface area (Å²) in [7, 11) is 0. The van der Waals surface area contributed by atoms with Gasteiger partial charge in [0.15, 0.2) is 0 Å². The Morgan fingerprint density at radius 3 is 1.17 bits per heavy atom. The fourth-order valence-electron chi connectivity index (χ4n) is 4.65. The number of hydrogen-bond donors (Lipinski definition) is 0. The van der Waals surface area contributed by atoms with E-state index in [1.165, 1.54) is 51.4 Å². The predicted octanol–water partition coefficient (Wildman–Crippen LogP) is 8.69. The molecule has 0 aromatic rings. The van der Waals surface area contributed by atoms with Crippen molar-refractivity contribution in [2.24, 2.45) is 11.8 Å². The number of hydrogen-bond acceptors (Lipinski definition) is 0. The quantitative estimate of drug-likeness (QED) is 0.241. The van der Waals surface area contributed by atoms with Gasteiger partial charge in [0.2, 0.25) is 0 Å². The molecule has 0 bridgehead atoms. The Bertz CT molecular complexity index is 241. The summed E-state index contributed by atoms with van der Waals surface area (Å²) in [5.41, 5.74) is 0. The van der Waals surface area contributed by atoms with Gasteiger partial charge in [-0.3, -0.25) is 0 Å². The molecule has 1 heteroatoms. The van der Waals surface area contributed by atoms with Crippen LogP contribution >= 0.6 is 0 Å². The van der Waals surface area contributed by atoms with Crippen LogP contribution in [-0.2, 0) is 0 Å². The van der Waals surface area contributed by atoms with E-state index in [-0.39, 0.29) is 0 Å². The summed E-state index contributed by atoms with van der Waals surface area (Å²) in [5, 5.41) is 0. The van der Waals surface area contributed by atoms with Gasteiger partial charge in [-0.2, -0.15) is 0 Å². The fourth-order valence-corrected chi connectivity index (χ4v) is 23.3. The van der Waals surface area contributed by atoms with Gasteiger partial charge >= 0.3 is 154 Å². The normalized spacial score (nSPS) is 15.4. The molecule has 0 aliphatic rings. The molecule has 23 heavy (non-hydrogen) atoms. The molecule has 0 aliphatic heterocycles. The third-order valence-electron chi connectivity index (χ3n) is 6.72. The van der Waals surface area contributed by atoms with Crippen molar-refractivity contribution >= 4 is 18.4 Å². The zero-order valence-corrected chi connectivity index (χ0v) is 20.7. The fraction of sp³-hybridized carbons (Fsp3) is 1.00. The van der Waals surface area contributed by atoms with E-state index in [1.54, 1.807) is 8.87 Å². The van der Waals surface area contributed by atoms with Gasteiger partial charge in [0.05, 0.1) is 0 Å². The van der Waals surface area contributed by atoms with E-state index in [9.17, 15) is 0 Å². The topological polar surface area (TPSA) is 0 Å². The predicted molar refractivity (Wildman–Crippen MR) is 112 cm³/mol. The van der Waals surface area contributed by atoms with Gasteiger partial charge in [-0.05, 0) is 0 Å². The Morgan fingerprint density at radius 2 is 0.957 bits per heavy atom. The molecule has 0 saturated carbocycles. The molecule has 2 atom stereocenters. The van der Waals surface area contributed by atoms with Crippen LogP contribution in [0.2, 0.25) is 16.7 Å². The van der Waals surface area contributed by atoms with E-state index in [0.29, 0.717) is 0 Å². The van der Waals surface area contributed by atoms with Crippen molar-refractivity contribution in [1.29, 1.82) is 0 Å². The van der Waals surface area contributed by atoms with Crippen LogP contribution in [-0.4, -0.2) is 18.4 Å². The first-order chi connectivity index (χ1) is 10.9. The van der Waals surface area contributed by atoms with Crippen molar-refractivity contribution in [1.82, 2.24) is 0 Å². The van der Waals surface area contributed by atoms with Gasteiger partial charge < -0.3 is 0 Å². The van der Waals surface area contributed by atoms with Crippen LogP contribution in [0.4, 0.5) is 0 Å². The van der Waals surface area contributed by atoms with Crippen molar-refractivity contribution in [2.75, 3.05) is 0 Å². The van der Waals surface area contributed by atoms with E-state index < -0.39 is 18.4 Å². The second-order valence-corrected chi connectivity index (χ2v) is 24.7. The van der Waals surface area contributed by atoms with E-state index in [2.05, 4.69) is 55.4 Å². The summed E-state index contributed by atoms with van der Waals surface area (Å²) in [6, 6.07) is 0. The van der Waals surface area contributed by atoms with Gasteiger partial charge in [0.25, 0.3) is 0 Å². The van der Waals surface area contributed by atoms with Crippen molar-refractivity contribution in [3.63, 3.8) is 0 Å². The average molecular weight is 431 g/mol. The van der Waals surface area contributed by atoms with Crippen LogP contribution in [0.1, 0.15) is 107 Å². The average Bonchev–Trinajstić information content (AvgIpc) is 2.52. The first-order valence-electron chi connectivity index (χ1n) is 10.9. The molecule has 0 aromatic carbocycles. The minimum absolute atomic E-state index is 1.01. The Balaban J connectivity index is 5.20. The van der Waals surface area contributed by atoms with Crippen LogP contribution in [0.5, 0.6) is 0 Å². The maximum atomic E-state index is 2.59. The van der Waals surface area contributed by atoms with Crippen LogP contribution < -0.4 is 0 Å². The molecular formula is C22H48Sn. The Morgan fingerprint density at radius 1 is 0.609 bits per heavy atom. The maximum absolute atomic E-state index is 2.59. The van der Waals surface area contributed by atoms with E-state index in [0.717, 1.165) is 19.7 Å². The molecule has 0 nitrogen and oxygen atoms in total. The summed E-state index contributed by atoms with van der Waals surface area (Å²) in [5.74, 6) is 2.05. The molecule has 0 rings (SSSR count). The summed E-state index contributed by atoms with van der Waals surface area (Å²) in [6.45, 7) is 20.0. The monoisotopic (exact) mass is 432 g/mol. The molecule has 0 N–H and O–H groups in total. The molecule has 0 aromatic heterocycles. The van der Waals surface area contributed by atoms with Gasteiger partial charge in [0.1, 0.15) is 0 Å². The molecule has 0 heterocycles. The second-order valence-electron chi connectivity index (χ2n) is 8.78. The zero-order chi connectivity index (χ0) is 17.9. The van der Waals surface area contributed by atoms with Crippen LogP contribution in [0, 0.1) is 11.8 Å². The Kier molecular flexibility index (Phi) is 13.5. The molecule has 0 saturated heterocycles. The SMILES string of the molecule is CCCCC(CC)[CH2][Sn]([CH2]C(CC)CCCC)([CH](C)C)[CH](C)C. The van der Waals surface area contributed by atoms with Crippen molar-refractivity contribution in [3.8, 4) is 0 Å². The van der Waals surface area contributed by atoms with Gasteiger partial charge in [0, 0.05) is 0 Å². The molecule has 0 fully saturated rings. The minimum atomic E-state index is -2.12. The van der Waals surface area contributed by atoms with E-state index >= 15 is 0 Å². The van der Waals surface area contributed by atoms with Crippen molar-refractivity contribution < 1.29 is 0 Å². The molecule has 0 amide bonds. The molecule has 2 unspecified atom stereocenters. The third kappa shape index (κ3) is 8.14. The third-order valence-corrected chi connectivity index (χ3v) is 27.5. The summed E-state index contributed by atoms with van der Waals surface area (Å²) < 4.78 is 5.36. The first kappa shape index (κ1) is 23.8. The van der Waals surface area contributed by atoms with E-state index in [4.69, 9.17) is 0 Å². The summed E-state index contributed by atoms with van der Waals surface area (Å²) >= 11 is -2.12. The van der Waals surface area contributed by atoms with Crippen LogP contribution in [0.25, 0.3) is 0 Å². The molecule has 0 spiro atoms. The Labute approximate surface area is 153 Å². The molecular weight excluding hydrogens is 383 g/mol. The van der Waals surface area contributed by atoms with Gasteiger partial charge in [-0.1, -0.05) is 0 Å². The standard InChI is InChI=1S/2C8H17.2C3H7.Sn/c2*1-4-6-7-8(3)5-2;2*1-3-2;/h2*8H,3-7H2,1-2H3;2*3H,1-2H3;. The zero-order valence-electron chi connectivity index (χ0n) is 17.9. The van der Waals surface area contributed by atoms with Crippen LogP contribution in [0.3, 0.4) is 0 Å². The van der Waals surface area contributed by atoms with E-state index in [1.807, 2.05) is 0 Å². The van der Waals surface area contributed by atoms with Crippen LogP contribution in [0.15, 0.2) is 0 Å². The van der Waals surface area contributed by atoms with Gasteiger partial charge in [-0.25, -0.2) is 0 Å². The van der Waals surface area contributed by atoms with Crippen molar-refractivity contribution in [2.45, 2.75) is 123 Å². The first-order valence-corrected chi connectivity index (χ1v) is 18.2. The van der Waals surface area contributed by atoms with Gasteiger partial charge in [-0.15, -0.1) is 0 Å². The summed E-state index contributed by atoms with van der Waals surface area (Å²) in [6.07, 6.45) is 11.5. The molecule has 0 aliphatic carbocycles. The second kappa shape index (κ2) is 13.1. The number of rotatable bonds is 14. The summed E-state index contributed by atoms with van der Waals surface area (Å²) in [4.78, 5) is 0. The number of unbranched alkanes of at least 4 members (excludes halogenated alkanes) is 2. The molecule has 0 radical (unpaired) electrons.